The zero-order valence-corrected chi connectivity index (χ0v) is 14.2. The normalized spacial score (nSPS) is 12.6. The molecule has 0 aliphatic carbocycles. The van der Waals surface area contributed by atoms with Crippen molar-refractivity contribution in [2.24, 2.45) is 5.92 Å². The molecule has 0 aliphatic rings. The van der Waals surface area contributed by atoms with E-state index in [0.29, 0.717) is 0 Å². The predicted octanol–water partition coefficient (Wildman–Crippen LogP) is 4.01. The lowest BCUT2D eigenvalue weighted by molar-refractivity contribution is -0.144. The van der Waals surface area contributed by atoms with Gasteiger partial charge in [-0.3, -0.25) is 0 Å². The van der Waals surface area contributed by atoms with Crippen molar-refractivity contribution < 1.29 is 9.53 Å². The third kappa shape index (κ3) is 4.77. The number of carbonyl (C=O) groups excluding carboxylic acids is 1. The average Bonchev–Trinajstić information content (AvgIpc) is 2.72. The first-order valence-electron chi connectivity index (χ1n) is 7.83. The number of carbonyl (C=O) groups is 1. The first-order valence-corrected chi connectivity index (χ1v) is 7.83. The number of nitrogens with zero attached hydrogens (tertiary/aromatic N) is 2. The molecular formula is C18H26N2O2. The lowest BCUT2D eigenvalue weighted by Crippen LogP contribution is -2.22. The zero-order chi connectivity index (χ0) is 16.7. The van der Waals surface area contributed by atoms with Crippen molar-refractivity contribution in [3.63, 3.8) is 0 Å². The summed E-state index contributed by atoms with van der Waals surface area (Å²) in [4.78, 5) is 11.9. The molecule has 1 heterocycles. The van der Waals surface area contributed by atoms with Gasteiger partial charge in [0.2, 0.25) is 0 Å². The zero-order valence-electron chi connectivity index (χ0n) is 14.2. The molecule has 0 amide bonds. The molecule has 0 bridgehead atoms. The summed E-state index contributed by atoms with van der Waals surface area (Å²) >= 11 is 0. The molecule has 0 aliphatic heterocycles. The largest absolute Gasteiger partial charge is 0.458 e. The average molecular weight is 302 g/mol. The summed E-state index contributed by atoms with van der Waals surface area (Å²) in [7, 11) is 0. The van der Waals surface area contributed by atoms with E-state index < -0.39 is 5.97 Å². The predicted molar refractivity (Wildman–Crippen MR) is 88.2 cm³/mol. The van der Waals surface area contributed by atoms with Crippen LogP contribution in [0.2, 0.25) is 0 Å². The van der Waals surface area contributed by atoms with Gasteiger partial charge >= 0.3 is 5.97 Å². The van der Waals surface area contributed by atoms with E-state index in [1.165, 1.54) is 11.8 Å². The van der Waals surface area contributed by atoms with Crippen LogP contribution in [0.15, 0.2) is 12.1 Å². The lowest BCUT2D eigenvalue weighted by atomic mass is 10.1. The summed E-state index contributed by atoms with van der Waals surface area (Å²) < 4.78 is 7.59. The molecule has 0 unspecified atom stereocenters. The Bertz CT molecular complexity index is 577. The van der Waals surface area contributed by atoms with Crippen LogP contribution in [0.3, 0.4) is 0 Å². The number of hydrogen-bond acceptors (Lipinski definition) is 3. The van der Waals surface area contributed by atoms with E-state index in [4.69, 9.17) is 10.00 Å². The second-order valence-electron chi connectivity index (χ2n) is 5.89. The Kier molecular flexibility index (Phi) is 6.91. The highest BCUT2D eigenvalue weighted by atomic mass is 16.5. The van der Waals surface area contributed by atoms with Crippen molar-refractivity contribution in [2.45, 2.75) is 60.1 Å². The fourth-order valence-corrected chi connectivity index (χ4v) is 2.41. The van der Waals surface area contributed by atoms with Gasteiger partial charge < -0.3 is 9.30 Å². The van der Waals surface area contributed by atoms with Crippen LogP contribution in [0.5, 0.6) is 0 Å². The summed E-state index contributed by atoms with van der Waals surface area (Å²) in [6.07, 6.45) is 4.19. The number of nitriles is 1. The SMILES string of the molecule is CCCn1c(C)cc(/C=C\C(=O)O[C@@H](CC#N)C(C)C)c1C. The molecule has 4 heteroatoms. The fourth-order valence-electron chi connectivity index (χ4n) is 2.41. The Balaban J connectivity index is 2.78. The maximum absolute atomic E-state index is 11.9. The fraction of sp³-hybridized carbons (Fsp3) is 0.556. The number of aromatic nitrogens is 1. The number of esters is 1. The standard InChI is InChI=1S/C18H26N2O2/c1-6-11-20-14(4)12-16(15(20)5)7-8-18(21)22-17(9-10-19)13(2)3/h7-8,12-13,17H,6,9,11H2,1-5H3/b8-7-/t17-/m0/s1. The van der Waals surface area contributed by atoms with Gasteiger partial charge in [-0.1, -0.05) is 20.8 Å². The van der Waals surface area contributed by atoms with Crippen molar-refractivity contribution in [2.75, 3.05) is 0 Å². The molecule has 0 saturated carbocycles. The van der Waals surface area contributed by atoms with E-state index in [0.717, 1.165) is 24.2 Å². The van der Waals surface area contributed by atoms with Gasteiger partial charge in [0.05, 0.1) is 12.5 Å². The minimum absolute atomic E-state index is 0.131. The number of hydrogen-bond donors (Lipinski definition) is 0. The van der Waals surface area contributed by atoms with Crippen LogP contribution in [-0.4, -0.2) is 16.6 Å². The second-order valence-corrected chi connectivity index (χ2v) is 5.89. The van der Waals surface area contributed by atoms with Gasteiger partial charge in [-0.15, -0.1) is 0 Å². The summed E-state index contributed by atoms with van der Waals surface area (Å²) in [5, 5.41) is 8.76. The number of aryl methyl sites for hydroxylation is 1. The van der Waals surface area contributed by atoms with Crippen molar-refractivity contribution >= 4 is 12.0 Å². The van der Waals surface area contributed by atoms with Gasteiger partial charge in [-0.05, 0) is 43.9 Å². The minimum atomic E-state index is -0.394. The molecule has 0 fully saturated rings. The Labute approximate surface area is 133 Å². The van der Waals surface area contributed by atoms with E-state index >= 15 is 0 Å². The molecule has 0 N–H and O–H groups in total. The molecule has 0 aromatic carbocycles. The van der Waals surface area contributed by atoms with Crippen LogP contribution in [0.25, 0.3) is 6.08 Å². The maximum Gasteiger partial charge on any atom is 0.331 e. The highest BCUT2D eigenvalue weighted by molar-refractivity contribution is 5.87. The van der Waals surface area contributed by atoms with E-state index in [1.807, 2.05) is 13.8 Å². The van der Waals surface area contributed by atoms with Crippen molar-refractivity contribution in [1.29, 1.82) is 5.26 Å². The molecule has 22 heavy (non-hydrogen) atoms. The molecule has 0 radical (unpaired) electrons. The van der Waals surface area contributed by atoms with Crippen LogP contribution in [0.4, 0.5) is 0 Å². The molecule has 4 nitrogen and oxygen atoms in total. The number of rotatable bonds is 7. The summed E-state index contributed by atoms with van der Waals surface area (Å²) in [5.74, 6) is -0.263. The van der Waals surface area contributed by atoms with Gasteiger partial charge in [0.25, 0.3) is 0 Å². The van der Waals surface area contributed by atoms with Crippen LogP contribution < -0.4 is 0 Å². The van der Waals surface area contributed by atoms with Crippen LogP contribution in [-0.2, 0) is 16.1 Å². The van der Waals surface area contributed by atoms with Gasteiger partial charge in [0.15, 0.2) is 0 Å². The summed E-state index contributed by atoms with van der Waals surface area (Å²) in [6, 6.07) is 4.13. The summed E-state index contributed by atoms with van der Waals surface area (Å²) in [6.45, 7) is 11.1. The molecule has 120 valence electrons. The Hall–Kier alpha value is -2.02. The van der Waals surface area contributed by atoms with Crippen molar-refractivity contribution in [3.05, 3.63) is 29.1 Å². The van der Waals surface area contributed by atoms with E-state index in [9.17, 15) is 4.79 Å². The van der Waals surface area contributed by atoms with Crippen molar-refractivity contribution in [3.8, 4) is 6.07 Å². The highest BCUT2D eigenvalue weighted by Crippen LogP contribution is 2.17. The highest BCUT2D eigenvalue weighted by Gasteiger charge is 2.16. The molecule has 0 spiro atoms. The van der Waals surface area contributed by atoms with E-state index in [-0.39, 0.29) is 18.4 Å². The minimum Gasteiger partial charge on any atom is -0.458 e. The summed E-state index contributed by atoms with van der Waals surface area (Å²) in [5.41, 5.74) is 3.38. The Morgan fingerprint density at radius 3 is 2.68 bits per heavy atom. The quantitative estimate of drug-likeness (QED) is 0.565. The van der Waals surface area contributed by atoms with Crippen LogP contribution in [0.1, 0.15) is 50.6 Å². The maximum atomic E-state index is 11.9. The van der Waals surface area contributed by atoms with E-state index in [2.05, 4.69) is 37.5 Å². The third-order valence-corrected chi connectivity index (χ3v) is 3.76. The van der Waals surface area contributed by atoms with Gasteiger partial charge in [0.1, 0.15) is 6.10 Å². The second kappa shape index (κ2) is 8.43. The van der Waals surface area contributed by atoms with E-state index in [1.54, 1.807) is 6.08 Å². The molecule has 1 rings (SSSR count). The van der Waals surface area contributed by atoms with Gasteiger partial charge in [-0.25, -0.2) is 4.79 Å². The van der Waals surface area contributed by atoms with Crippen LogP contribution >= 0.6 is 0 Å². The smallest absolute Gasteiger partial charge is 0.331 e. The van der Waals surface area contributed by atoms with Crippen LogP contribution in [0, 0.1) is 31.1 Å². The third-order valence-electron chi connectivity index (χ3n) is 3.76. The molecule has 0 saturated heterocycles. The first-order chi connectivity index (χ1) is 10.4. The Morgan fingerprint density at radius 2 is 2.14 bits per heavy atom. The molecule has 1 aromatic heterocycles. The molecular weight excluding hydrogens is 276 g/mol. The Morgan fingerprint density at radius 1 is 1.45 bits per heavy atom. The lowest BCUT2D eigenvalue weighted by Gasteiger charge is -2.17. The van der Waals surface area contributed by atoms with Gasteiger partial charge in [-0.2, -0.15) is 5.26 Å². The monoisotopic (exact) mass is 302 g/mol. The van der Waals surface area contributed by atoms with Gasteiger partial charge in [0, 0.05) is 24.0 Å². The molecule has 1 atom stereocenters. The molecule has 1 aromatic rings. The topological polar surface area (TPSA) is 55.0 Å². The van der Waals surface area contributed by atoms with Crippen molar-refractivity contribution in [1.82, 2.24) is 4.57 Å². The first kappa shape index (κ1) is 18.0. The number of ether oxygens (including phenoxy) is 1.